The van der Waals surface area contributed by atoms with Crippen molar-refractivity contribution in [2.75, 3.05) is 24.6 Å². The summed E-state index contributed by atoms with van der Waals surface area (Å²) in [4.78, 5) is 30.7. The molecule has 3 rings (SSSR count). The van der Waals surface area contributed by atoms with E-state index in [2.05, 4.69) is 9.97 Å². The summed E-state index contributed by atoms with van der Waals surface area (Å²) >= 11 is 0. The number of nitrogens with two attached hydrogens (primary N) is 1. The zero-order valence-electron chi connectivity index (χ0n) is 16.3. The van der Waals surface area contributed by atoms with Gasteiger partial charge in [-0.25, -0.2) is 14.8 Å². The van der Waals surface area contributed by atoms with Crippen LogP contribution < -0.4 is 10.6 Å². The molecule has 0 radical (unpaired) electrons. The molecule has 2 N–H and O–H groups in total. The highest BCUT2D eigenvalue weighted by atomic mass is 19.4. The van der Waals surface area contributed by atoms with Crippen molar-refractivity contribution >= 4 is 17.7 Å². The van der Waals surface area contributed by atoms with Crippen LogP contribution in [0.2, 0.25) is 0 Å². The first-order valence-corrected chi connectivity index (χ1v) is 9.47. The number of hydrogen-bond acceptors (Lipinski definition) is 7. The number of amides is 1. The van der Waals surface area contributed by atoms with E-state index in [-0.39, 0.29) is 30.1 Å². The van der Waals surface area contributed by atoms with Crippen molar-refractivity contribution in [3.8, 4) is 0 Å². The number of nitro groups is 1. The number of aromatic nitrogens is 2. The Hall–Kier alpha value is -3.44. The molecule has 1 aromatic heterocycles. The minimum absolute atomic E-state index is 0.00211. The van der Waals surface area contributed by atoms with Gasteiger partial charge in [-0.15, -0.1) is 0 Å². The van der Waals surface area contributed by atoms with Gasteiger partial charge in [0.2, 0.25) is 5.95 Å². The summed E-state index contributed by atoms with van der Waals surface area (Å²) in [5, 5.41) is 10.9. The molecule has 1 aromatic carbocycles. The van der Waals surface area contributed by atoms with E-state index in [1.54, 1.807) is 17.0 Å². The number of hydrogen-bond donors (Lipinski definition) is 1. The molecular weight excluding hydrogens is 419 g/mol. The van der Waals surface area contributed by atoms with Crippen molar-refractivity contribution in [1.82, 2.24) is 9.97 Å². The first kappa shape index (κ1) is 22.2. The average Bonchev–Trinajstić information content (AvgIpc) is 2.74. The Bertz CT molecular complexity index is 931. The fourth-order valence-corrected chi connectivity index (χ4v) is 3.68. The second-order valence-corrected chi connectivity index (χ2v) is 7.15. The van der Waals surface area contributed by atoms with E-state index in [4.69, 9.17) is 10.5 Å². The van der Waals surface area contributed by atoms with Crippen LogP contribution in [0.3, 0.4) is 0 Å². The van der Waals surface area contributed by atoms with Crippen LogP contribution in [0.1, 0.15) is 30.0 Å². The van der Waals surface area contributed by atoms with E-state index in [0.717, 1.165) is 17.8 Å². The van der Waals surface area contributed by atoms with Crippen molar-refractivity contribution in [1.29, 1.82) is 0 Å². The second kappa shape index (κ2) is 9.14. The summed E-state index contributed by atoms with van der Waals surface area (Å²) in [6.07, 6.45) is -3.25. The highest BCUT2D eigenvalue weighted by Crippen LogP contribution is 2.35. The van der Waals surface area contributed by atoms with E-state index in [1.807, 2.05) is 0 Å². The summed E-state index contributed by atoms with van der Waals surface area (Å²) in [5.41, 5.74) is 4.78. The fourth-order valence-electron chi connectivity index (χ4n) is 3.68. The Morgan fingerprint density at radius 2 is 1.90 bits per heavy atom. The summed E-state index contributed by atoms with van der Waals surface area (Å²) in [5.74, 6) is -0.241. The Labute approximate surface area is 175 Å². The van der Waals surface area contributed by atoms with Crippen LogP contribution in [0.5, 0.6) is 0 Å². The summed E-state index contributed by atoms with van der Waals surface area (Å²) in [6.45, 7) is 0.815. The van der Waals surface area contributed by atoms with Crippen molar-refractivity contribution in [3.63, 3.8) is 0 Å². The maximum atomic E-state index is 12.9. The number of nitrogens with zero attached hydrogens (tertiary/aromatic N) is 4. The number of alkyl halides is 3. The smallest absolute Gasteiger partial charge is 0.433 e. The quantitative estimate of drug-likeness (QED) is 0.539. The number of anilines is 1. The van der Waals surface area contributed by atoms with Crippen LogP contribution in [0, 0.1) is 16.0 Å². The first-order valence-electron chi connectivity index (χ1n) is 9.47. The number of rotatable bonds is 6. The van der Waals surface area contributed by atoms with Crippen LogP contribution in [-0.4, -0.2) is 40.7 Å². The van der Waals surface area contributed by atoms with Gasteiger partial charge in [0.1, 0.15) is 12.3 Å². The molecule has 1 unspecified atom stereocenters. The van der Waals surface area contributed by atoms with Gasteiger partial charge in [0.25, 0.3) is 5.69 Å². The molecule has 1 aliphatic rings. The number of ether oxygens (including phenoxy) is 1. The van der Waals surface area contributed by atoms with Gasteiger partial charge in [-0.05, 0) is 30.4 Å². The second-order valence-electron chi connectivity index (χ2n) is 7.15. The number of benzene rings is 1. The molecule has 1 saturated heterocycles. The molecule has 1 atom stereocenters. The topological polar surface area (TPSA) is 124 Å². The minimum atomic E-state index is -4.55. The lowest BCUT2D eigenvalue weighted by Crippen LogP contribution is -2.38. The molecular formula is C19H20F3N5O4. The lowest BCUT2D eigenvalue weighted by molar-refractivity contribution is -0.384. The number of nitro benzene ring substituents is 1. The van der Waals surface area contributed by atoms with Crippen LogP contribution in [-0.2, 0) is 10.9 Å². The molecule has 2 heterocycles. The Morgan fingerprint density at radius 3 is 2.45 bits per heavy atom. The molecule has 0 spiro atoms. The van der Waals surface area contributed by atoms with Gasteiger partial charge in [0.15, 0.2) is 0 Å². The summed E-state index contributed by atoms with van der Waals surface area (Å²) in [7, 11) is 0. The van der Waals surface area contributed by atoms with Crippen LogP contribution in [0.25, 0.3) is 0 Å². The molecule has 9 nitrogen and oxygen atoms in total. The van der Waals surface area contributed by atoms with Gasteiger partial charge in [-0.3, -0.25) is 10.1 Å². The Balaban J connectivity index is 1.73. The number of primary amides is 1. The average molecular weight is 439 g/mol. The van der Waals surface area contributed by atoms with Gasteiger partial charge in [0.05, 0.1) is 4.92 Å². The highest BCUT2D eigenvalue weighted by Gasteiger charge is 2.34. The molecule has 1 aliphatic heterocycles. The van der Waals surface area contributed by atoms with Gasteiger partial charge in [-0.1, -0.05) is 12.1 Å². The molecule has 0 bridgehead atoms. The van der Waals surface area contributed by atoms with Gasteiger partial charge >= 0.3 is 12.3 Å². The van der Waals surface area contributed by atoms with Gasteiger partial charge in [-0.2, -0.15) is 13.2 Å². The number of carbonyl (C=O) groups is 1. The molecule has 0 aliphatic carbocycles. The Kier molecular flexibility index (Phi) is 6.56. The predicted molar refractivity (Wildman–Crippen MR) is 103 cm³/mol. The lowest BCUT2D eigenvalue weighted by Gasteiger charge is -2.36. The lowest BCUT2D eigenvalue weighted by atomic mass is 9.80. The normalized spacial score (nSPS) is 16.0. The third-order valence-electron chi connectivity index (χ3n) is 5.26. The van der Waals surface area contributed by atoms with Crippen LogP contribution in [0.4, 0.5) is 29.6 Å². The molecule has 1 amide bonds. The SMILES string of the molecule is NC(=O)OCC(c1ccc([N+](=O)[O-])cc1)C1CCN(c2nccc(C(F)(F)F)n2)CC1. The van der Waals surface area contributed by atoms with Gasteiger partial charge < -0.3 is 15.4 Å². The van der Waals surface area contributed by atoms with E-state index in [0.29, 0.717) is 25.9 Å². The molecule has 1 fully saturated rings. The minimum Gasteiger partial charge on any atom is -0.449 e. The first-order chi connectivity index (χ1) is 14.6. The monoisotopic (exact) mass is 439 g/mol. The molecule has 31 heavy (non-hydrogen) atoms. The number of non-ortho nitro benzene ring substituents is 1. The maximum absolute atomic E-state index is 12.9. The van der Waals surface area contributed by atoms with Crippen molar-refractivity contribution in [2.24, 2.45) is 11.7 Å². The zero-order chi connectivity index (χ0) is 22.6. The predicted octanol–water partition coefficient (Wildman–Crippen LogP) is 3.50. The number of piperidine rings is 1. The standard InChI is InChI=1S/C19H20F3N5O4/c20-19(21,22)16-5-8-24-18(25-16)26-9-6-13(7-10-26)15(11-31-17(23)28)12-1-3-14(4-2-12)27(29)30/h1-5,8,13,15H,6-7,9-11H2,(H2,23,28). The Morgan fingerprint density at radius 1 is 1.26 bits per heavy atom. The van der Waals surface area contributed by atoms with Crippen molar-refractivity contribution in [2.45, 2.75) is 24.9 Å². The van der Waals surface area contributed by atoms with E-state index in [9.17, 15) is 28.1 Å². The largest absolute Gasteiger partial charge is 0.449 e. The van der Waals surface area contributed by atoms with Crippen molar-refractivity contribution in [3.05, 3.63) is 57.9 Å². The van der Waals surface area contributed by atoms with Crippen LogP contribution >= 0.6 is 0 Å². The van der Waals surface area contributed by atoms with E-state index in [1.165, 1.54) is 12.1 Å². The summed E-state index contributed by atoms with van der Waals surface area (Å²) in [6, 6.07) is 6.78. The maximum Gasteiger partial charge on any atom is 0.433 e. The molecule has 0 saturated carbocycles. The van der Waals surface area contributed by atoms with Crippen molar-refractivity contribution < 1.29 is 27.6 Å². The molecule has 2 aromatic rings. The summed E-state index contributed by atoms with van der Waals surface area (Å²) < 4.78 is 43.7. The number of carbonyl (C=O) groups excluding carboxylic acids is 1. The third kappa shape index (κ3) is 5.58. The van der Waals surface area contributed by atoms with Gasteiger partial charge in [0, 0.05) is 37.3 Å². The highest BCUT2D eigenvalue weighted by molar-refractivity contribution is 5.64. The van der Waals surface area contributed by atoms with E-state index < -0.39 is 22.9 Å². The molecule has 166 valence electrons. The van der Waals surface area contributed by atoms with Crippen LogP contribution in [0.15, 0.2) is 36.5 Å². The fraction of sp³-hybridized carbons (Fsp3) is 0.421. The van der Waals surface area contributed by atoms with E-state index >= 15 is 0 Å². The number of halogens is 3. The third-order valence-corrected chi connectivity index (χ3v) is 5.26. The zero-order valence-corrected chi connectivity index (χ0v) is 16.3. The molecule has 12 heteroatoms.